The van der Waals surface area contributed by atoms with Crippen molar-refractivity contribution < 1.29 is 17.9 Å². The summed E-state index contributed by atoms with van der Waals surface area (Å²) in [5.41, 5.74) is 2.36. The quantitative estimate of drug-likeness (QED) is 0.474. The van der Waals surface area contributed by atoms with Crippen molar-refractivity contribution in [1.29, 1.82) is 0 Å². The summed E-state index contributed by atoms with van der Waals surface area (Å²) in [6.07, 6.45) is 0.496. The molecular weight excluding hydrogens is 264 g/mol. The van der Waals surface area contributed by atoms with Crippen LogP contribution in [-0.2, 0) is 14.6 Å². The molecule has 1 aromatic rings. The first-order valence-corrected chi connectivity index (χ1v) is 7.40. The van der Waals surface area contributed by atoms with Crippen LogP contribution in [0.4, 0.5) is 5.69 Å². The van der Waals surface area contributed by atoms with E-state index in [0.717, 1.165) is 11.3 Å². The van der Waals surface area contributed by atoms with Crippen LogP contribution in [0.3, 0.4) is 0 Å². The number of esters is 1. The van der Waals surface area contributed by atoms with Crippen molar-refractivity contribution in [2.75, 3.05) is 18.3 Å². The van der Waals surface area contributed by atoms with E-state index >= 15 is 0 Å². The third-order valence-corrected chi connectivity index (χ3v) is 5.13. The predicted octanol–water partition coefficient (Wildman–Crippen LogP) is 1.00. The zero-order valence-electron chi connectivity index (χ0n) is 9.52. The average molecular weight is 278 g/mol. The van der Waals surface area contributed by atoms with Gasteiger partial charge in [0.15, 0.2) is 9.84 Å². The number of hydrazine groups is 1. The predicted molar refractivity (Wildman–Crippen MR) is 65.8 cm³/mol. The van der Waals surface area contributed by atoms with Crippen molar-refractivity contribution in [3.8, 4) is 0 Å². The average Bonchev–Trinajstić information content (AvgIpc) is 2.72. The molecule has 17 heavy (non-hydrogen) atoms. The number of hydrogen-bond donors (Lipinski definition) is 2. The maximum atomic E-state index is 11.9. The molecule has 0 aliphatic carbocycles. The molecule has 0 radical (unpaired) electrons. The monoisotopic (exact) mass is 278 g/mol. The number of nitrogens with one attached hydrogen (secondary N) is 1. The number of nitrogens with two attached hydrogens (primary N) is 1. The number of carbonyl (C=O) groups is 1. The highest BCUT2D eigenvalue weighted by Crippen LogP contribution is 2.32. The zero-order chi connectivity index (χ0) is 13.1. The fourth-order valence-corrected chi connectivity index (χ4v) is 4.16. The van der Waals surface area contributed by atoms with Crippen LogP contribution < -0.4 is 11.3 Å². The highest BCUT2D eigenvalue weighted by molar-refractivity contribution is 7.91. The van der Waals surface area contributed by atoms with Gasteiger partial charge >= 0.3 is 5.97 Å². The number of hydrogen-bond acceptors (Lipinski definition) is 7. The summed E-state index contributed by atoms with van der Waals surface area (Å²) in [7, 11) is -2.19. The molecular formula is C9H14N2O4S2. The number of rotatable bonds is 5. The largest absolute Gasteiger partial charge is 0.465 e. The normalized spacial score (nSPS) is 11.2. The lowest BCUT2D eigenvalue weighted by atomic mass is 10.4. The molecule has 0 bridgehead atoms. The number of sulfone groups is 1. The molecule has 8 heteroatoms. The topological polar surface area (TPSA) is 98.5 Å². The molecule has 0 aliphatic rings. The number of nitrogen functional groups attached to an aromatic ring is 1. The van der Waals surface area contributed by atoms with Crippen molar-refractivity contribution in [3.63, 3.8) is 0 Å². The highest BCUT2D eigenvalue weighted by Gasteiger charge is 2.25. The summed E-state index contributed by atoms with van der Waals surface area (Å²) in [4.78, 5) is 11.6. The number of thiophene rings is 1. The fourth-order valence-electron chi connectivity index (χ4n) is 1.33. The van der Waals surface area contributed by atoms with E-state index in [0.29, 0.717) is 6.42 Å². The minimum absolute atomic E-state index is 0.0129. The first-order chi connectivity index (χ1) is 7.97. The summed E-state index contributed by atoms with van der Waals surface area (Å²) < 4.78 is 28.3. The minimum atomic E-state index is -3.41. The number of carbonyl (C=O) groups excluding carboxylic acids is 1. The van der Waals surface area contributed by atoms with Crippen LogP contribution in [-0.4, -0.2) is 27.2 Å². The van der Waals surface area contributed by atoms with Gasteiger partial charge in [-0.25, -0.2) is 13.2 Å². The Labute approximate surface area is 104 Å². The van der Waals surface area contributed by atoms with Gasteiger partial charge in [0.2, 0.25) is 0 Å². The Morgan fingerprint density at radius 3 is 2.71 bits per heavy atom. The smallest absolute Gasteiger partial charge is 0.350 e. The van der Waals surface area contributed by atoms with Gasteiger partial charge < -0.3 is 10.2 Å². The Morgan fingerprint density at radius 1 is 1.59 bits per heavy atom. The van der Waals surface area contributed by atoms with Crippen molar-refractivity contribution in [1.82, 2.24) is 0 Å². The van der Waals surface area contributed by atoms with Gasteiger partial charge in [-0.15, -0.1) is 11.3 Å². The molecule has 0 amide bonds. The minimum Gasteiger partial charge on any atom is -0.465 e. The van der Waals surface area contributed by atoms with Crippen molar-refractivity contribution >= 4 is 32.8 Å². The second-order valence-electron chi connectivity index (χ2n) is 3.26. The Hall–Kier alpha value is -1.12. The molecule has 0 aromatic carbocycles. The van der Waals surface area contributed by atoms with Crippen LogP contribution in [0.2, 0.25) is 0 Å². The Bertz CT molecular complexity index is 507. The second kappa shape index (κ2) is 5.48. The van der Waals surface area contributed by atoms with E-state index in [-0.39, 0.29) is 21.2 Å². The molecule has 6 nitrogen and oxygen atoms in total. The van der Waals surface area contributed by atoms with Crippen LogP contribution in [0.15, 0.2) is 10.3 Å². The molecule has 0 fully saturated rings. The van der Waals surface area contributed by atoms with Crippen LogP contribution in [0, 0.1) is 0 Å². The van der Waals surface area contributed by atoms with Gasteiger partial charge in [-0.05, 0) is 6.42 Å². The third kappa shape index (κ3) is 2.76. The van der Waals surface area contributed by atoms with Crippen LogP contribution in [0.25, 0.3) is 0 Å². The first-order valence-electron chi connectivity index (χ1n) is 4.87. The van der Waals surface area contributed by atoms with E-state index in [9.17, 15) is 13.2 Å². The van der Waals surface area contributed by atoms with Gasteiger partial charge in [0, 0.05) is 5.38 Å². The van der Waals surface area contributed by atoms with E-state index < -0.39 is 15.8 Å². The van der Waals surface area contributed by atoms with Gasteiger partial charge in [-0.1, -0.05) is 6.92 Å². The zero-order valence-corrected chi connectivity index (χ0v) is 11.2. The molecule has 3 N–H and O–H groups in total. The van der Waals surface area contributed by atoms with E-state index in [1.54, 1.807) is 6.92 Å². The molecule has 0 aliphatic heterocycles. The van der Waals surface area contributed by atoms with Crippen molar-refractivity contribution in [3.05, 3.63) is 10.3 Å². The lowest BCUT2D eigenvalue weighted by Crippen LogP contribution is -2.15. The molecule has 0 unspecified atom stereocenters. The van der Waals surface area contributed by atoms with Crippen molar-refractivity contribution in [2.24, 2.45) is 5.84 Å². The van der Waals surface area contributed by atoms with Gasteiger partial charge in [0.05, 0.1) is 18.6 Å². The summed E-state index contributed by atoms with van der Waals surface area (Å²) in [5.74, 6) is 4.67. The SMILES string of the molecule is CCCS(=O)(=O)c1csc(C(=O)OC)c1NN. The molecule has 0 atom stereocenters. The maximum Gasteiger partial charge on any atom is 0.350 e. The van der Waals surface area contributed by atoms with Crippen LogP contribution in [0.1, 0.15) is 23.0 Å². The van der Waals surface area contributed by atoms with Gasteiger partial charge in [0.1, 0.15) is 9.77 Å². The third-order valence-electron chi connectivity index (χ3n) is 2.08. The maximum absolute atomic E-state index is 11.9. The second-order valence-corrected chi connectivity index (χ2v) is 6.22. The summed E-state index contributed by atoms with van der Waals surface area (Å²) in [6, 6.07) is 0. The number of methoxy groups -OCH3 is 1. The molecule has 1 heterocycles. The fraction of sp³-hybridized carbons (Fsp3) is 0.444. The van der Waals surface area contributed by atoms with Gasteiger partial charge in [-0.2, -0.15) is 0 Å². The van der Waals surface area contributed by atoms with E-state index in [2.05, 4.69) is 10.2 Å². The molecule has 96 valence electrons. The lowest BCUT2D eigenvalue weighted by molar-refractivity contribution is 0.0607. The van der Waals surface area contributed by atoms with Crippen molar-refractivity contribution in [2.45, 2.75) is 18.2 Å². The number of ether oxygens (including phenoxy) is 1. The Morgan fingerprint density at radius 2 is 2.24 bits per heavy atom. The summed E-state index contributed by atoms with van der Waals surface area (Å²) in [6.45, 7) is 1.76. The number of anilines is 1. The Balaban J connectivity index is 3.28. The van der Waals surface area contributed by atoms with E-state index in [4.69, 9.17) is 5.84 Å². The Kier molecular flexibility index (Phi) is 4.49. The first kappa shape index (κ1) is 13.9. The molecule has 1 aromatic heterocycles. The van der Waals surface area contributed by atoms with Crippen LogP contribution in [0.5, 0.6) is 0 Å². The van der Waals surface area contributed by atoms with Gasteiger partial charge in [0.25, 0.3) is 0 Å². The standard InChI is InChI=1S/C9H14N2O4S2/c1-3-4-17(13,14)6-5-16-8(7(6)11-10)9(12)15-2/h5,11H,3-4,10H2,1-2H3. The van der Waals surface area contributed by atoms with E-state index in [1.807, 2.05) is 0 Å². The molecule has 0 spiro atoms. The summed E-state index contributed by atoms with van der Waals surface area (Å²) >= 11 is 0.990. The molecule has 0 saturated carbocycles. The van der Waals surface area contributed by atoms with Gasteiger partial charge in [-0.3, -0.25) is 5.84 Å². The highest BCUT2D eigenvalue weighted by atomic mass is 32.2. The van der Waals surface area contributed by atoms with E-state index in [1.165, 1.54) is 12.5 Å². The molecule has 1 rings (SSSR count). The summed E-state index contributed by atoms with van der Waals surface area (Å²) in [5, 5.41) is 1.40. The van der Waals surface area contributed by atoms with Crippen LogP contribution >= 0.6 is 11.3 Å². The lowest BCUT2D eigenvalue weighted by Gasteiger charge is -2.06. The molecule has 0 saturated heterocycles.